The maximum atomic E-state index is 3.42. The van der Waals surface area contributed by atoms with E-state index in [-0.39, 0.29) is 0 Å². The number of thioether (sulfide) groups is 1. The lowest BCUT2D eigenvalue weighted by atomic mass is 10.3. The summed E-state index contributed by atoms with van der Waals surface area (Å²) in [4.78, 5) is 1.36. The van der Waals surface area contributed by atoms with E-state index in [1.165, 1.54) is 14.6 Å². The standard InChI is InChI=1S/C7H4BrS/c8-7-4-5-2-1-3-6(5)9-7/h1-4H. The van der Waals surface area contributed by atoms with Crippen LogP contribution in [0.4, 0.5) is 0 Å². The molecule has 0 saturated carbocycles. The predicted molar refractivity (Wildman–Crippen MR) is 45.1 cm³/mol. The van der Waals surface area contributed by atoms with E-state index in [0.717, 1.165) is 0 Å². The minimum atomic E-state index is 1.22. The lowest BCUT2D eigenvalue weighted by Gasteiger charge is -1.91. The number of halogens is 1. The molecule has 0 aromatic carbocycles. The molecule has 0 bridgehead atoms. The average molecular weight is 200 g/mol. The maximum Gasteiger partial charge on any atom is 0.123 e. The second-order valence-corrected chi connectivity index (χ2v) is 4.36. The summed E-state index contributed by atoms with van der Waals surface area (Å²) in [6.07, 6.45) is 8.47. The molecule has 0 fully saturated rings. The Labute approximate surface area is 66.8 Å². The first kappa shape index (κ1) is 5.81. The highest BCUT2D eigenvalue weighted by molar-refractivity contribution is 9.13. The molecular weight excluding hydrogens is 196 g/mol. The topological polar surface area (TPSA) is 0 Å². The molecule has 1 aliphatic carbocycles. The summed E-state index contributed by atoms with van der Waals surface area (Å²) in [6, 6.07) is 0. The lowest BCUT2D eigenvalue weighted by molar-refractivity contribution is 1.75. The Morgan fingerprint density at radius 3 is 3.11 bits per heavy atom. The Hall–Kier alpha value is 0.0500. The van der Waals surface area contributed by atoms with E-state index >= 15 is 0 Å². The second-order valence-electron chi connectivity index (χ2n) is 1.90. The largest absolute Gasteiger partial charge is 0.123 e. The third-order valence-electron chi connectivity index (χ3n) is 1.28. The van der Waals surface area contributed by atoms with E-state index in [1.807, 2.05) is 0 Å². The first-order valence-corrected chi connectivity index (χ1v) is 4.28. The quantitative estimate of drug-likeness (QED) is 0.579. The molecule has 0 saturated heterocycles. The van der Waals surface area contributed by atoms with Crippen LogP contribution in [0.25, 0.3) is 0 Å². The molecule has 0 N–H and O–H groups in total. The average Bonchev–Trinajstić information content (AvgIpc) is 2.22. The van der Waals surface area contributed by atoms with Gasteiger partial charge in [-0.05, 0) is 17.7 Å². The van der Waals surface area contributed by atoms with E-state index in [4.69, 9.17) is 0 Å². The zero-order chi connectivity index (χ0) is 6.27. The van der Waals surface area contributed by atoms with Crippen LogP contribution >= 0.6 is 27.7 Å². The van der Waals surface area contributed by atoms with Crippen LogP contribution in [0.15, 0.2) is 34.8 Å². The third-order valence-corrected chi connectivity index (χ3v) is 2.90. The molecule has 0 nitrogen and oxygen atoms in total. The predicted octanol–water partition coefficient (Wildman–Crippen LogP) is 3.00. The maximum absolute atomic E-state index is 3.42. The summed E-state index contributed by atoms with van der Waals surface area (Å²) in [6.45, 7) is 0. The van der Waals surface area contributed by atoms with Crippen molar-refractivity contribution in [3.63, 3.8) is 0 Å². The number of allylic oxidation sites excluding steroid dienone is 4. The minimum absolute atomic E-state index is 1.22. The fraction of sp³-hybridized carbons (Fsp3) is 0. The molecule has 0 spiro atoms. The first-order chi connectivity index (χ1) is 4.36. The van der Waals surface area contributed by atoms with Crippen molar-refractivity contribution >= 4 is 27.7 Å². The number of rotatable bonds is 0. The molecule has 0 amide bonds. The van der Waals surface area contributed by atoms with Gasteiger partial charge in [-0.25, -0.2) is 0 Å². The Morgan fingerprint density at radius 2 is 2.33 bits per heavy atom. The van der Waals surface area contributed by atoms with Gasteiger partial charge in [-0.1, -0.05) is 39.8 Å². The van der Waals surface area contributed by atoms with E-state index in [0.29, 0.717) is 0 Å². The van der Waals surface area contributed by atoms with Gasteiger partial charge in [0.2, 0.25) is 0 Å². The highest BCUT2D eigenvalue weighted by Gasteiger charge is 2.19. The van der Waals surface area contributed by atoms with Gasteiger partial charge in [-0.3, -0.25) is 0 Å². The van der Waals surface area contributed by atoms with Crippen LogP contribution < -0.4 is 0 Å². The van der Waals surface area contributed by atoms with Crippen LogP contribution in [0.3, 0.4) is 0 Å². The fourth-order valence-electron chi connectivity index (χ4n) is 0.886. The van der Waals surface area contributed by atoms with E-state index in [1.54, 1.807) is 11.8 Å². The Kier molecular flexibility index (Phi) is 1.31. The zero-order valence-electron chi connectivity index (χ0n) is 4.60. The van der Waals surface area contributed by atoms with E-state index < -0.39 is 0 Å². The van der Waals surface area contributed by atoms with Crippen LogP contribution in [-0.2, 0) is 0 Å². The third kappa shape index (κ3) is 0.904. The normalized spacial score (nSPS) is 24.1. The Morgan fingerprint density at radius 1 is 1.44 bits per heavy atom. The van der Waals surface area contributed by atoms with Crippen molar-refractivity contribution in [1.82, 2.24) is 0 Å². The molecule has 2 aliphatic rings. The van der Waals surface area contributed by atoms with E-state index in [2.05, 4.69) is 40.2 Å². The molecule has 1 aliphatic heterocycles. The highest BCUT2D eigenvalue weighted by atomic mass is 79.9. The molecule has 0 aromatic rings. The summed E-state index contributed by atoms with van der Waals surface area (Å²) in [5.41, 5.74) is 1.34. The van der Waals surface area contributed by atoms with Crippen LogP contribution in [0.1, 0.15) is 0 Å². The summed E-state index contributed by atoms with van der Waals surface area (Å²) in [5.74, 6) is 0. The number of fused-ring (bicyclic) bond motifs is 1. The molecule has 2 heteroatoms. The summed E-state index contributed by atoms with van der Waals surface area (Å²) < 4.78 is 1.22. The smallest absolute Gasteiger partial charge is 0.1000 e. The van der Waals surface area contributed by atoms with Gasteiger partial charge in [0.15, 0.2) is 0 Å². The van der Waals surface area contributed by atoms with Gasteiger partial charge in [0, 0.05) is 4.91 Å². The van der Waals surface area contributed by atoms with Crippen molar-refractivity contribution in [3.8, 4) is 0 Å². The van der Waals surface area contributed by atoms with Gasteiger partial charge >= 0.3 is 0 Å². The molecule has 45 valence electrons. The molecule has 1 radical (unpaired) electrons. The summed E-state index contributed by atoms with van der Waals surface area (Å²) >= 11 is 5.20. The lowest BCUT2D eigenvalue weighted by Crippen LogP contribution is -1.63. The minimum Gasteiger partial charge on any atom is -0.1000 e. The first-order valence-electron chi connectivity index (χ1n) is 2.67. The molecule has 9 heavy (non-hydrogen) atoms. The van der Waals surface area contributed by atoms with Gasteiger partial charge < -0.3 is 0 Å². The van der Waals surface area contributed by atoms with Crippen molar-refractivity contribution < 1.29 is 0 Å². The van der Waals surface area contributed by atoms with Gasteiger partial charge in [-0.2, -0.15) is 0 Å². The number of hydrogen-bond donors (Lipinski definition) is 0. The Balaban J connectivity index is 2.40. The summed E-state index contributed by atoms with van der Waals surface area (Å²) in [5, 5.41) is 0. The van der Waals surface area contributed by atoms with Crippen LogP contribution in [-0.4, -0.2) is 0 Å². The van der Waals surface area contributed by atoms with Crippen molar-refractivity contribution in [2.45, 2.75) is 0 Å². The fourth-order valence-corrected chi connectivity index (χ4v) is 2.44. The van der Waals surface area contributed by atoms with E-state index in [9.17, 15) is 0 Å². The van der Waals surface area contributed by atoms with Crippen molar-refractivity contribution in [1.29, 1.82) is 0 Å². The van der Waals surface area contributed by atoms with Crippen LogP contribution in [0.5, 0.6) is 0 Å². The van der Waals surface area contributed by atoms with Gasteiger partial charge in [0.1, 0.15) is 4.16 Å². The highest BCUT2D eigenvalue weighted by Crippen LogP contribution is 2.47. The zero-order valence-corrected chi connectivity index (χ0v) is 7.00. The Bertz CT molecular complexity index is 225. The molecule has 2 rings (SSSR count). The molecule has 1 heterocycles. The second kappa shape index (κ2) is 2.03. The van der Waals surface area contributed by atoms with Crippen molar-refractivity contribution in [3.05, 3.63) is 38.9 Å². The van der Waals surface area contributed by atoms with Crippen LogP contribution in [0, 0.1) is 4.16 Å². The van der Waals surface area contributed by atoms with Gasteiger partial charge in [0.25, 0.3) is 0 Å². The van der Waals surface area contributed by atoms with Gasteiger partial charge in [-0.15, -0.1) is 0 Å². The van der Waals surface area contributed by atoms with Crippen molar-refractivity contribution in [2.24, 2.45) is 0 Å². The molecule has 0 unspecified atom stereocenters. The molecule has 0 aromatic heterocycles. The van der Waals surface area contributed by atoms with Gasteiger partial charge in [0.05, 0.1) is 0 Å². The summed E-state index contributed by atoms with van der Waals surface area (Å²) in [7, 11) is 0. The SMILES string of the molecule is Br[C]1C=C2C=CC=C2S1. The van der Waals surface area contributed by atoms with Crippen molar-refractivity contribution in [2.75, 3.05) is 0 Å². The molecule has 0 atom stereocenters. The monoisotopic (exact) mass is 199 g/mol. The van der Waals surface area contributed by atoms with Crippen LogP contribution in [0.2, 0.25) is 0 Å². The molecular formula is C7H4BrS. The number of hydrogen-bond acceptors (Lipinski definition) is 1.